The van der Waals surface area contributed by atoms with Crippen LogP contribution in [0.1, 0.15) is 26.0 Å². The highest BCUT2D eigenvalue weighted by Gasteiger charge is 2.32. The second-order valence-electron chi connectivity index (χ2n) is 5.12. The predicted octanol–water partition coefficient (Wildman–Crippen LogP) is 2.92. The van der Waals surface area contributed by atoms with Crippen LogP contribution in [0.5, 0.6) is 0 Å². The van der Waals surface area contributed by atoms with Gasteiger partial charge in [-0.05, 0) is 30.9 Å². The molecule has 2 unspecified atom stereocenters. The van der Waals surface area contributed by atoms with Crippen molar-refractivity contribution >= 4 is 5.82 Å². The Morgan fingerprint density at radius 2 is 2.00 bits per heavy atom. The maximum absolute atomic E-state index is 4.62. The first-order chi connectivity index (χ1) is 9.26. The second kappa shape index (κ2) is 4.96. The van der Waals surface area contributed by atoms with Gasteiger partial charge < -0.3 is 5.32 Å². The number of anilines is 1. The fourth-order valence-electron chi connectivity index (χ4n) is 2.10. The molecule has 0 spiro atoms. The third-order valence-electron chi connectivity index (χ3n) is 3.52. The van der Waals surface area contributed by atoms with Crippen molar-refractivity contribution in [1.82, 2.24) is 15.0 Å². The van der Waals surface area contributed by atoms with Gasteiger partial charge >= 0.3 is 0 Å². The molecule has 1 N–H and O–H groups in total. The minimum Gasteiger partial charge on any atom is -0.367 e. The summed E-state index contributed by atoms with van der Waals surface area (Å²) in [6.45, 7) is 4.37. The lowest BCUT2D eigenvalue weighted by Gasteiger charge is -2.09. The molecule has 1 aliphatic rings. The average molecular weight is 254 g/mol. The molecule has 2 aromatic heterocycles. The van der Waals surface area contributed by atoms with E-state index < -0.39 is 0 Å². The van der Waals surface area contributed by atoms with Crippen LogP contribution in [0, 0.1) is 5.92 Å². The van der Waals surface area contributed by atoms with Gasteiger partial charge in [0.05, 0.1) is 0 Å². The molecule has 1 fully saturated rings. The van der Waals surface area contributed by atoms with Crippen molar-refractivity contribution in [3.05, 3.63) is 36.3 Å². The molecular formula is C15H18N4. The van der Waals surface area contributed by atoms with E-state index in [4.69, 9.17) is 0 Å². The number of pyridine rings is 1. The first kappa shape index (κ1) is 12.1. The van der Waals surface area contributed by atoms with Crippen LogP contribution in [0.15, 0.2) is 30.6 Å². The van der Waals surface area contributed by atoms with Gasteiger partial charge in [-0.1, -0.05) is 13.8 Å². The van der Waals surface area contributed by atoms with Crippen molar-refractivity contribution in [3.8, 4) is 11.4 Å². The maximum atomic E-state index is 4.62. The fraction of sp³-hybridized carbons (Fsp3) is 0.400. The lowest BCUT2D eigenvalue weighted by atomic mass is 10.2. The summed E-state index contributed by atoms with van der Waals surface area (Å²) < 4.78 is 0. The highest BCUT2D eigenvalue weighted by atomic mass is 15.1. The molecular weight excluding hydrogens is 236 g/mol. The number of rotatable bonds is 4. The van der Waals surface area contributed by atoms with E-state index in [1.165, 1.54) is 6.42 Å². The molecule has 98 valence electrons. The van der Waals surface area contributed by atoms with Crippen molar-refractivity contribution in [2.24, 2.45) is 5.92 Å². The molecule has 2 atom stereocenters. The Morgan fingerprint density at radius 1 is 1.26 bits per heavy atom. The Balaban J connectivity index is 1.93. The molecule has 0 radical (unpaired) electrons. The average Bonchev–Trinajstić information content (AvgIpc) is 3.14. The van der Waals surface area contributed by atoms with Crippen molar-refractivity contribution in [1.29, 1.82) is 0 Å². The Bertz CT molecular complexity index is 568. The van der Waals surface area contributed by atoms with E-state index in [1.54, 1.807) is 12.4 Å². The predicted molar refractivity (Wildman–Crippen MR) is 75.8 cm³/mol. The van der Waals surface area contributed by atoms with E-state index in [2.05, 4.69) is 40.2 Å². The summed E-state index contributed by atoms with van der Waals surface area (Å²) in [7, 11) is 0. The monoisotopic (exact) mass is 254 g/mol. The topological polar surface area (TPSA) is 50.7 Å². The van der Waals surface area contributed by atoms with Gasteiger partial charge in [-0.2, -0.15) is 0 Å². The van der Waals surface area contributed by atoms with E-state index in [0.717, 1.165) is 35.2 Å². The first-order valence-electron chi connectivity index (χ1n) is 6.81. The van der Waals surface area contributed by atoms with Gasteiger partial charge in [0, 0.05) is 35.8 Å². The van der Waals surface area contributed by atoms with Crippen LogP contribution in [-0.4, -0.2) is 21.0 Å². The molecule has 2 heterocycles. The molecule has 0 aliphatic heterocycles. The molecule has 1 saturated carbocycles. The lowest BCUT2D eigenvalue weighted by molar-refractivity contribution is 0.917. The zero-order chi connectivity index (χ0) is 13.2. The summed E-state index contributed by atoms with van der Waals surface area (Å²) >= 11 is 0. The van der Waals surface area contributed by atoms with E-state index in [0.29, 0.717) is 6.04 Å². The molecule has 1 aliphatic carbocycles. The lowest BCUT2D eigenvalue weighted by Crippen LogP contribution is -2.07. The third-order valence-corrected chi connectivity index (χ3v) is 3.52. The summed E-state index contributed by atoms with van der Waals surface area (Å²) in [6.07, 6.45) is 5.69. The van der Waals surface area contributed by atoms with E-state index >= 15 is 0 Å². The summed E-state index contributed by atoms with van der Waals surface area (Å²) in [6, 6.07) is 6.51. The molecule has 2 aromatic rings. The second-order valence-corrected chi connectivity index (χ2v) is 5.12. The van der Waals surface area contributed by atoms with Gasteiger partial charge in [0.15, 0.2) is 5.82 Å². The van der Waals surface area contributed by atoms with Crippen LogP contribution in [0.3, 0.4) is 0 Å². The zero-order valence-corrected chi connectivity index (χ0v) is 11.3. The molecule has 0 bridgehead atoms. The minimum atomic E-state index is 0.574. The van der Waals surface area contributed by atoms with E-state index in [9.17, 15) is 0 Å². The van der Waals surface area contributed by atoms with Gasteiger partial charge in [0.2, 0.25) is 0 Å². The number of aromatic nitrogens is 3. The van der Waals surface area contributed by atoms with Gasteiger partial charge in [-0.3, -0.25) is 4.98 Å². The van der Waals surface area contributed by atoms with Crippen LogP contribution >= 0.6 is 0 Å². The number of aryl methyl sites for hydroxylation is 1. The highest BCUT2D eigenvalue weighted by Crippen LogP contribution is 2.32. The summed E-state index contributed by atoms with van der Waals surface area (Å²) in [5.41, 5.74) is 2.08. The molecule has 4 nitrogen and oxygen atoms in total. The van der Waals surface area contributed by atoms with E-state index in [-0.39, 0.29) is 0 Å². The van der Waals surface area contributed by atoms with Crippen molar-refractivity contribution in [3.63, 3.8) is 0 Å². The number of nitrogens with zero attached hydrogens (tertiary/aromatic N) is 3. The van der Waals surface area contributed by atoms with Crippen molar-refractivity contribution in [2.75, 3.05) is 5.32 Å². The Labute approximate surface area is 113 Å². The highest BCUT2D eigenvalue weighted by molar-refractivity contribution is 5.57. The molecule has 0 aromatic carbocycles. The van der Waals surface area contributed by atoms with Crippen LogP contribution in [0.2, 0.25) is 0 Å². The SMILES string of the molecule is CCc1cc(NC2CC2C)nc(-c2ccncc2)n1. The van der Waals surface area contributed by atoms with Crippen LogP contribution in [-0.2, 0) is 6.42 Å². The zero-order valence-electron chi connectivity index (χ0n) is 11.3. The van der Waals surface area contributed by atoms with Crippen molar-refractivity contribution < 1.29 is 0 Å². The van der Waals surface area contributed by atoms with Gasteiger partial charge in [0.25, 0.3) is 0 Å². The summed E-state index contributed by atoms with van der Waals surface area (Å²) in [4.78, 5) is 13.2. The molecule has 0 saturated heterocycles. The van der Waals surface area contributed by atoms with Crippen molar-refractivity contribution in [2.45, 2.75) is 32.7 Å². The van der Waals surface area contributed by atoms with Gasteiger partial charge in [0.1, 0.15) is 5.82 Å². The largest absolute Gasteiger partial charge is 0.367 e. The maximum Gasteiger partial charge on any atom is 0.161 e. The van der Waals surface area contributed by atoms with Gasteiger partial charge in [-0.25, -0.2) is 9.97 Å². The van der Waals surface area contributed by atoms with Crippen LogP contribution < -0.4 is 5.32 Å². The molecule has 3 rings (SSSR count). The van der Waals surface area contributed by atoms with Crippen LogP contribution in [0.25, 0.3) is 11.4 Å². The Hall–Kier alpha value is -1.97. The Kier molecular flexibility index (Phi) is 3.15. The quantitative estimate of drug-likeness (QED) is 0.911. The normalized spacial score (nSPS) is 21.2. The summed E-state index contributed by atoms with van der Waals surface area (Å²) in [5, 5.41) is 3.48. The number of hydrogen-bond acceptors (Lipinski definition) is 4. The molecule has 4 heteroatoms. The number of hydrogen-bond donors (Lipinski definition) is 1. The smallest absolute Gasteiger partial charge is 0.161 e. The van der Waals surface area contributed by atoms with E-state index in [1.807, 2.05) is 12.1 Å². The number of nitrogens with one attached hydrogen (secondary N) is 1. The third kappa shape index (κ3) is 2.72. The molecule has 0 amide bonds. The fourth-order valence-corrected chi connectivity index (χ4v) is 2.10. The summed E-state index contributed by atoms with van der Waals surface area (Å²) in [5.74, 6) is 2.47. The molecule has 19 heavy (non-hydrogen) atoms. The minimum absolute atomic E-state index is 0.574. The Morgan fingerprint density at radius 3 is 2.63 bits per heavy atom. The standard InChI is InChI=1S/C15H18N4/c1-3-12-9-14(18-13-8-10(13)2)19-15(17-12)11-4-6-16-7-5-11/h4-7,9-10,13H,3,8H2,1-2H3,(H,17,18,19). The van der Waals surface area contributed by atoms with Gasteiger partial charge in [-0.15, -0.1) is 0 Å². The van der Waals surface area contributed by atoms with Crippen LogP contribution in [0.4, 0.5) is 5.82 Å². The first-order valence-corrected chi connectivity index (χ1v) is 6.81.